The maximum atomic E-state index is 4.39. The molecule has 0 aliphatic heterocycles. The van der Waals surface area contributed by atoms with E-state index in [2.05, 4.69) is 44.5 Å². The molecular formula is C21H17N5S. The van der Waals surface area contributed by atoms with Gasteiger partial charge in [0.2, 0.25) is 0 Å². The van der Waals surface area contributed by atoms with Gasteiger partial charge >= 0.3 is 0 Å². The summed E-state index contributed by atoms with van der Waals surface area (Å²) in [5, 5.41) is 9.57. The van der Waals surface area contributed by atoms with Crippen LogP contribution in [-0.2, 0) is 0 Å². The third-order valence-corrected chi connectivity index (χ3v) is 4.74. The number of benzene rings is 2. The van der Waals surface area contributed by atoms with Gasteiger partial charge in [-0.15, -0.1) is 10.2 Å². The van der Waals surface area contributed by atoms with Gasteiger partial charge in [-0.3, -0.25) is 9.55 Å². The molecule has 0 spiro atoms. The van der Waals surface area contributed by atoms with Crippen LogP contribution < -0.4 is 0 Å². The van der Waals surface area contributed by atoms with E-state index < -0.39 is 0 Å². The average Bonchev–Trinajstić information content (AvgIpc) is 3.17. The Morgan fingerprint density at radius 1 is 0.889 bits per heavy atom. The van der Waals surface area contributed by atoms with Crippen LogP contribution in [0, 0.1) is 0 Å². The second kappa shape index (κ2) is 8.42. The summed E-state index contributed by atoms with van der Waals surface area (Å²) < 4.78 is 2.02. The monoisotopic (exact) mass is 371 g/mol. The number of thioether (sulfide) groups is 1. The van der Waals surface area contributed by atoms with E-state index in [9.17, 15) is 0 Å². The van der Waals surface area contributed by atoms with E-state index in [1.54, 1.807) is 30.4 Å². The minimum Gasteiger partial charge on any atom is -0.269 e. The first kappa shape index (κ1) is 17.2. The van der Waals surface area contributed by atoms with Crippen molar-refractivity contribution < 1.29 is 0 Å². The van der Waals surface area contributed by atoms with Crippen molar-refractivity contribution in [2.24, 2.45) is 0 Å². The van der Waals surface area contributed by atoms with Gasteiger partial charge in [0.1, 0.15) is 5.69 Å². The van der Waals surface area contributed by atoms with E-state index in [1.165, 1.54) is 5.56 Å². The molecule has 2 aromatic carbocycles. The summed E-state index contributed by atoms with van der Waals surface area (Å²) in [7, 11) is 0. The van der Waals surface area contributed by atoms with Crippen LogP contribution in [0.25, 0.3) is 23.3 Å². The molecule has 0 aliphatic carbocycles. The molecule has 0 atom stereocenters. The molecule has 0 radical (unpaired) electrons. The average molecular weight is 371 g/mol. The maximum Gasteiger partial charge on any atom is 0.196 e. The molecule has 0 bridgehead atoms. The van der Waals surface area contributed by atoms with Gasteiger partial charge in [-0.05, 0) is 17.7 Å². The Kier molecular flexibility index (Phi) is 5.36. The highest BCUT2D eigenvalue weighted by Crippen LogP contribution is 2.26. The zero-order valence-corrected chi connectivity index (χ0v) is 15.3. The molecule has 5 nitrogen and oxygen atoms in total. The Labute approximate surface area is 161 Å². The summed E-state index contributed by atoms with van der Waals surface area (Å²) in [6.07, 6.45) is 9.25. The number of para-hydroxylation sites is 1. The zero-order valence-electron chi connectivity index (χ0n) is 14.5. The fourth-order valence-corrected chi connectivity index (χ4v) is 3.39. The summed E-state index contributed by atoms with van der Waals surface area (Å²) in [4.78, 5) is 8.53. The lowest BCUT2D eigenvalue weighted by Crippen LogP contribution is -2.00. The summed E-state index contributed by atoms with van der Waals surface area (Å²) in [6.45, 7) is 0. The third-order valence-electron chi connectivity index (χ3n) is 3.86. The molecule has 4 rings (SSSR count). The number of hydrogen-bond donors (Lipinski definition) is 0. The first-order chi connectivity index (χ1) is 13.4. The molecule has 132 valence electrons. The minimum absolute atomic E-state index is 0.684. The van der Waals surface area contributed by atoms with Crippen molar-refractivity contribution in [3.8, 4) is 17.2 Å². The highest BCUT2D eigenvalue weighted by Gasteiger charge is 2.16. The number of rotatable bonds is 6. The lowest BCUT2D eigenvalue weighted by atomic mass is 10.2. The fraction of sp³-hybridized carbons (Fsp3) is 0.0476. The van der Waals surface area contributed by atoms with Gasteiger partial charge in [0, 0.05) is 23.8 Å². The molecule has 0 amide bonds. The normalized spacial score (nSPS) is 11.1. The second-order valence-corrected chi connectivity index (χ2v) is 6.68. The highest BCUT2D eigenvalue weighted by molar-refractivity contribution is 7.99. The number of aromatic nitrogens is 5. The quantitative estimate of drug-likeness (QED) is 0.466. The molecule has 0 N–H and O–H groups in total. The lowest BCUT2D eigenvalue weighted by Gasteiger charge is -2.09. The van der Waals surface area contributed by atoms with Crippen molar-refractivity contribution in [1.29, 1.82) is 0 Å². The van der Waals surface area contributed by atoms with E-state index in [1.807, 2.05) is 53.1 Å². The van der Waals surface area contributed by atoms with Gasteiger partial charge in [-0.1, -0.05) is 72.4 Å². The van der Waals surface area contributed by atoms with Crippen molar-refractivity contribution >= 4 is 17.8 Å². The smallest absolute Gasteiger partial charge is 0.196 e. The van der Waals surface area contributed by atoms with Crippen LogP contribution in [-0.4, -0.2) is 30.5 Å². The van der Waals surface area contributed by atoms with Crippen LogP contribution >= 0.6 is 11.8 Å². The maximum absolute atomic E-state index is 4.39. The molecule has 0 aliphatic rings. The molecule has 6 heteroatoms. The van der Waals surface area contributed by atoms with Crippen LogP contribution in [0.4, 0.5) is 0 Å². The summed E-state index contributed by atoms with van der Waals surface area (Å²) in [5.41, 5.74) is 2.88. The van der Waals surface area contributed by atoms with Crippen molar-refractivity contribution in [3.63, 3.8) is 0 Å². The molecule has 0 fully saturated rings. The molecule has 2 heterocycles. The number of hydrogen-bond acceptors (Lipinski definition) is 5. The van der Waals surface area contributed by atoms with Crippen molar-refractivity contribution in [1.82, 2.24) is 24.7 Å². The second-order valence-electron chi connectivity index (χ2n) is 5.69. The van der Waals surface area contributed by atoms with E-state index in [0.717, 1.165) is 16.6 Å². The molecule has 2 aromatic heterocycles. The summed E-state index contributed by atoms with van der Waals surface area (Å²) in [5.74, 6) is 1.48. The van der Waals surface area contributed by atoms with E-state index in [0.29, 0.717) is 11.5 Å². The van der Waals surface area contributed by atoms with Gasteiger partial charge in [0.05, 0.1) is 6.20 Å². The third kappa shape index (κ3) is 4.12. The van der Waals surface area contributed by atoms with Gasteiger partial charge in [0.25, 0.3) is 0 Å². The van der Waals surface area contributed by atoms with Gasteiger partial charge in [-0.2, -0.15) is 0 Å². The van der Waals surface area contributed by atoms with E-state index in [-0.39, 0.29) is 0 Å². The Morgan fingerprint density at radius 3 is 2.41 bits per heavy atom. The van der Waals surface area contributed by atoms with Gasteiger partial charge < -0.3 is 0 Å². The number of nitrogens with zero attached hydrogens (tertiary/aromatic N) is 5. The predicted octanol–water partition coefficient (Wildman–Crippen LogP) is 4.53. The zero-order chi connectivity index (χ0) is 18.3. The minimum atomic E-state index is 0.684. The SMILES string of the molecule is C(=Cc1ccccc1)CSc1nnc(-c2cnccn2)n1-c1ccccc1. The molecule has 27 heavy (non-hydrogen) atoms. The van der Waals surface area contributed by atoms with Crippen LogP contribution in [0.15, 0.2) is 90.5 Å². The van der Waals surface area contributed by atoms with E-state index in [4.69, 9.17) is 0 Å². The summed E-state index contributed by atoms with van der Waals surface area (Å²) in [6, 6.07) is 20.3. The predicted molar refractivity (Wildman–Crippen MR) is 109 cm³/mol. The van der Waals surface area contributed by atoms with Crippen LogP contribution in [0.2, 0.25) is 0 Å². The fourth-order valence-electron chi connectivity index (χ4n) is 2.62. The molecule has 0 saturated heterocycles. The summed E-state index contributed by atoms with van der Waals surface area (Å²) >= 11 is 1.63. The van der Waals surface area contributed by atoms with Crippen LogP contribution in [0.5, 0.6) is 0 Å². The van der Waals surface area contributed by atoms with Crippen molar-refractivity contribution in [2.75, 3.05) is 5.75 Å². The van der Waals surface area contributed by atoms with Crippen molar-refractivity contribution in [2.45, 2.75) is 5.16 Å². The molecule has 4 aromatic rings. The molecular weight excluding hydrogens is 354 g/mol. The van der Waals surface area contributed by atoms with E-state index >= 15 is 0 Å². The van der Waals surface area contributed by atoms with Crippen LogP contribution in [0.3, 0.4) is 0 Å². The first-order valence-corrected chi connectivity index (χ1v) is 9.52. The standard InChI is InChI=1S/C21H17N5S/c1-3-8-17(9-4-1)10-7-15-27-21-25-24-20(19-16-22-13-14-23-19)26(21)18-11-5-2-6-12-18/h1-14,16H,15H2. The Bertz CT molecular complexity index is 1010. The Hall–Kier alpha value is -3.25. The topological polar surface area (TPSA) is 56.5 Å². The largest absolute Gasteiger partial charge is 0.269 e. The van der Waals surface area contributed by atoms with Crippen molar-refractivity contribution in [3.05, 3.63) is 90.9 Å². The first-order valence-electron chi connectivity index (χ1n) is 8.53. The van der Waals surface area contributed by atoms with Gasteiger partial charge in [-0.25, -0.2) is 4.98 Å². The Morgan fingerprint density at radius 2 is 1.67 bits per heavy atom. The molecule has 0 unspecified atom stereocenters. The molecule has 0 saturated carbocycles. The van der Waals surface area contributed by atoms with Gasteiger partial charge in [0.15, 0.2) is 11.0 Å². The van der Waals surface area contributed by atoms with Crippen LogP contribution in [0.1, 0.15) is 5.56 Å². The lowest BCUT2D eigenvalue weighted by molar-refractivity contribution is 0.886. The Balaban J connectivity index is 1.61. The highest BCUT2D eigenvalue weighted by atomic mass is 32.2.